The van der Waals surface area contributed by atoms with E-state index in [4.69, 9.17) is 22.2 Å². The van der Waals surface area contributed by atoms with Crippen molar-refractivity contribution in [3.63, 3.8) is 0 Å². The van der Waals surface area contributed by atoms with Crippen molar-refractivity contribution in [1.29, 1.82) is 0 Å². The van der Waals surface area contributed by atoms with E-state index in [1.165, 1.54) is 0 Å². The van der Waals surface area contributed by atoms with Gasteiger partial charge >= 0.3 is 0 Å². The zero-order chi connectivity index (χ0) is 14.7. The molecule has 112 valence electrons. The summed E-state index contributed by atoms with van der Waals surface area (Å²) in [5, 5.41) is 2.39. The summed E-state index contributed by atoms with van der Waals surface area (Å²) in [6.45, 7) is 4.57. The van der Waals surface area contributed by atoms with Crippen molar-refractivity contribution in [3.05, 3.63) is 28.8 Å². The Kier molecular flexibility index (Phi) is 5.93. The van der Waals surface area contributed by atoms with Crippen LogP contribution in [0, 0.1) is 0 Å². The Morgan fingerprint density at radius 3 is 2.75 bits per heavy atom. The molecule has 0 radical (unpaired) electrons. The van der Waals surface area contributed by atoms with E-state index in [-0.39, 0.29) is 6.04 Å². The first-order valence-electron chi connectivity index (χ1n) is 6.63. The number of thioether (sulfide) groups is 2. The quantitative estimate of drug-likeness (QED) is 0.653. The third-order valence-corrected chi connectivity index (χ3v) is 7.47. The molecule has 0 saturated carbocycles. The molecular formula is C14H21ClN2OS2. The van der Waals surface area contributed by atoms with Crippen LogP contribution in [0.4, 0.5) is 0 Å². The Balaban J connectivity index is 2.19. The molecule has 0 amide bonds. The largest absolute Gasteiger partial charge is 0.495 e. The molecule has 1 saturated heterocycles. The molecule has 3 N–H and O–H groups in total. The molecule has 0 aliphatic carbocycles. The maximum absolute atomic E-state index is 6.09. The predicted molar refractivity (Wildman–Crippen MR) is 90.8 cm³/mol. The molecule has 1 aliphatic rings. The van der Waals surface area contributed by atoms with Gasteiger partial charge in [-0.1, -0.05) is 31.5 Å². The van der Waals surface area contributed by atoms with Gasteiger partial charge in [0.25, 0.3) is 0 Å². The third kappa shape index (κ3) is 3.57. The first kappa shape index (κ1) is 16.3. The fourth-order valence-corrected chi connectivity index (χ4v) is 5.57. The van der Waals surface area contributed by atoms with Gasteiger partial charge in [-0.2, -0.15) is 23.5 Å². The maximum atomic E-state index is 6.09. The average Bonchev–Trinajstić information content (AvgIpc) is 2.45. The monoisotopic (exact) mass is 332 g/mol. The summed E-state index contributed by atoms with van der Waals surface area (Å²) in [6.07, 6.45) is 0. The first-order valence-corrected chi connectivity index (χ1v) is 9.00. The molecule has 0 bridgehead atoms. The Bertz CT molecular complexity index is 461. The van der Waals surface area contributed by atoms with Crippen molar-refractivity contribution >= 4 is 35.1 Å². The predicted octanol–water partition coefficient (Wildman–Crippen LogP) is 3.48. The van der Waals surface area contributed by atoms with Gasteiger partial charge in [-0.15, -0.1) is 0 Å². The Labute approximate surface area is 134 Å². The number of hydrogen-bond acceptors (Lipinski definition) is 5. The number of hydrazine groups is 1. The summed E-state index contributed by atoms with van der Waals surface area (Å²) in [6, 6.07) is 5.96. The van der Waals surface area contributed by atoms with E-state index in [2.05, 4.69) is 19.3 Å². The molecule has 4 unspecified atom stereocenters. The molecule has 4 atom stereocenters. The number of nitrogens with one attached hydrogen (secondary N) is 1. The summed E-state index contributed by atoms with van der Waals surface area (Å²) in [5.41, 5.74) is 4.08. The average molecular weight is 333 g/mol. The molecule has 1 heterocycles. The van der Waals surface area contributed by atoms with Crippen molar-refractivity contribution in [2.45, 2.75) is 35.6 Å². The van der Waals surface area contributed by atoms with Gasteiger partial charge in [0.1, 0.15) is 5.75 Å². The van der Waals surface area contributed by atoms with Crippen LogP contribution in [0.2, 0.25) is 5.02 Å². The Morgan fingerprint density at radius 2 is 2.15 bits per heavy atom. The molecule has 1 fully saturated rings. The van der Waals surface area contributed by atoms with E-state index >= 15 is 0 Å². The number of hydrogen-bond donors (Lipinski definition) is 2. The van der Waals surface area contributed by atoms with E-state index in [0.29, 0.717) is 26.5 Å². The van der Waals surface area contributed by atoms with Crippen LogP contribution in [0.15, 0.2) is 18.2 Å². The number of rotatable bonds is 4. The summed E-state index contributed by atoms with van der Waals surface area (Å²) >= 11 is 10.1. The van der Waals surface area contributed by atoms with Gasteiger partial charge < -0.3 is 4.74 Å². The molecule has 1 aromatic rings. The summed E-state index contributed by atoms with van der Waals surface area (Å²) < 4.78 is 5.29. The molecule has 20 heavy (non-hydrogen) atoms. The summed E-state index contributed by atoms with van der Waals surface area (Å²) in [5.74, 6) is 7.59. The van der Waals surface area contributed by atoms with Crippen molar-refractivity contribution in [1.82, 2.24) is 5.43 Å². The maximum Gasteiger partial charge on any atom is 0.137 e. The van der Waals surface area contributed by atoms with Crippen LogP contribution in [-0.2, 0) is 0 Å². The second-order valence-corrected chi connectivity index (χ2v) is 8.40. The van der Waals surface area contributed by atoms with Gasteiger partial charge in [-0.25, -0.2) is 0 Å². The van der Waals surface area contributed by atoms with Gasteiger partial charge in [0.15, 0.2) is 0 Å². The van der Waals surface area contributed by atoms with E-state index < -0.39 is 0 Å². The first-order chi connectivity index (χ1) is 9.56. The van der Waals surface area contributed by atoms with Crippen molar-refractivity contribution in [2.75, 3.05) is 12.9 Å². The number of halogens is 1. The van der Waals surface area contributed by atoms with Gasteiger partial charge in [0, 0.05) is 21.5 Å². The van der Waals surface area contributed by atoms with Crippen LogP contribution in [0.25, 0.3) is 0 Å². The standard InChI is InChI=1S/C14H21ClN2OS2/c1-8-9(2)20-13(7-19-8)14(17-16)10-4-5-11(15)12(6-10)18-3/h4-6,8-9,13-14,17H,7,16H2,1-3H3. The lowest BCUT2D eigenvalue weighted by Gasteiger charge is -2.35. The molecule has 6 heteroatoms. The highest BCUT2D eigenvalue weighted by Crippen LogP contribution is 2.41. The van der Waals surface area contributed by atoms with Crippen LogP contribution in [-0.4, -0.2) is 28.6 Å². The minimum atomic E-state index is 0.105. The van der Waals surface area contributed by atoms with Crippen LogP contribution in [0.3, 0.4) is 0 Å². The zero-order valence-corrected chi connectivity index (χ0v) is 14.3. The number of nitrogens with two attached hydrogens (primary N) is 1. The van der Waals surface area contributed by atoms with E-state index in [0.717, 1.165) is 11.3 Å². The van der Waals surface area contributed by atoms with Gasteiger partial charge in [0.05, 0.1) is 18.2 Å². The van der Waals surface area contributed by atoms with Gasteiger partial charge in [0.2, 0.25) is 0 Å². The smallest absolute Gasteiger partial charge is 0.137 e. The second kappa shape index (κ2) is 7.27. The van der Waals surface area contributed by atoms with Gasteiger partial charge in [-0.05, 0) is 17.7 Å². The lowest BCUT2D eigenvalue weighted by Crippen LogP contribution is -2.40. The lowest BCUT2D eigenvalue weighted by molar-refractivity contribution is 0.413. The number of ether oxygens (including phenoxy) is 1. The highest BCUT2D eigenvalue weighted by Gasteiger charge is 2.31. The van der Waals surface area contributed by atoms with E-state index in [1.54, 1.807) is 7.11 Å². The fraction of sp³-hybridized carbons (Fsp3) is 0.571. The molecular weight excluding hydrogens is 312 g/mol. The number of methoxy groups -OCH3 is 1. The number of benzene rings is 1. The van der Waals surface area contributed by atoms with Crippen LogP contribution >= 0.6 is 35.1 Å². The molecule has 2 rings (SSSR count). The Morgan fingerprint density at radius 1 is 1.40 bits per heavy atom. The minimum absolute atomic E-state index is 0.105. The SMILES string of the molecule is COc1cc(C(NN)C2CSC(C)C(C)S2)ccc1Cl. The van der Waals surface area contributed by atoms with Gasteiger partial charge in [-0.3, -0.25) is 11.3 Å². The summed E-state index contributed by atoms with van der Waals surface area (Å²) in [4.78, 5) is 0. The normalized spacial score (nSPS) is 28.1. The minimum Gasteiger partial charge on any atom is -0.495 e. The summed E-state index contributed by atoms with van der Waals surface area (Å²) in [7, 11) is 1.63. The fourth-order valence-electron chi connectivity index (χ4n) is 2.27. The lowest BCUT2D eigenvalue weighted by atomic mass is 10.0. The molecule has 0 aromatic heterocycles. The highest BCUT2D eigenvalue weighted by molar-refractivity contribution is 8.07. The zero-order valence-electron chi connectivity index (χ0n) is 11.9. The Hall–Kier alpha value is -0.0700. The second-order valence-electron chi connectivity index (χ2n) is 4.96. The van der Waals surface area contributed by atoms with Crippen LogP contribution in [0.5, 0.6) is 5.75 Å². The van der Waals surface area contributed by atoms with Crippen molar-refractivity contribution < 1.29 is 4.74 Å². The van der Waals surface area contributed by atoms with Crippen molar-refractivity contribution in [3.8, 4) is 5.75 Å². The molecule has 1 aromatic carbocycles. The third-order valence-electron chi connectivity index (χ3n) is 3.66. The topological polar surface area (TPSA) is 47.3 Å². The molecule has 1 aliphatic heterocycles. The van der Waals surface area contributed by atoms with E-state index in [1.807, 2.05) is 41.7 Å². The van der Waals surface area contributed by atoms with Crippen molar-refractivity contribution in [2.24, 2.45) is 5.84 Å². The highest BCUT2D eigenvalue weighted by atomic mass is 35.5. The van der Waals surface area contributed by atoms with E-state index in [9.17, 15) is 0 Å². The van der Waals surface area contributed by atoms with Crippen LogP contribution in [0.1, 0.15) is 25.5 Å². The molecule has 3 nitrogen and oxygen atoms in total. The molecule has 0 spiro atoms. The van der Waals surface area contributed by atoms with Crippen LogP contribution < -0.4 is 16.0 Å².